The summed E-state index contributed by atoms with van der Waals surface area (Å²) in [7, 11) is -3.67. The molecule has 0 aliphatic heterocycles. The average molecular weight is 425 g/mol. The van der Waals surface area contributed by atoms with Crippen molar-refractivity contribution in [2.24, 2.45) is 0 Å². The summed E-state index contributed by atoms with van der Waals surface area (Å²) in [6.07, 6.45) is 3.02. The van der Waals surface area contributed by atoms with Gasteiger partial charge >= 0.3 is 0 Å². The summed E-state index contributed by atoms with van der Waals surface area (Å²) in [4.78, 5) is 12.1. The van der Waals surface area contributed by atoms with Gasteiger partial charge in [-0.15, -0.1) is 13.2 Å². The third-order valence-corrected chi connectivity index (χ3v) is 5.48. The Labute approximate surface area is 155 Å². The van der Waals surface area contributed by atoms with Gasteiger partial charge in [0.1, 0.15) is 0 Å². The third kappa shape index (κ3) is 4.68. The minimum Gasteiger partial charge on any atom is -0.444 e. The van der Waals surface area contributed by atoms with Crippen molar-refractivity contribution in [1.29, 1.82) is 0 Å². The van der Waals surface area contributed by atoms with Gasteiger partial charge in [-0.05, 0) is 52.3 Å². The molecule has 1 amide bonds. The van der Waals surface area contributed by atoms with Crippen LogP contribution >= 0.6 is 15.9 Å². The predicted molar refractivity (Wildman–Crippen MR) is 100.0 cm³/mol. The van der Waals surface area contributed by atoms with Gasteiger partial charge in [-0.2, -0.15) is 4.31 Å². The largest absolute Gasteiger partial charge is 0.444 e. The Morgan fingerprint density at radius 1 is 1.12 bits per heavy atom. The van der Waals surface area contributed by atoms with Crippen molar-refractivity contribution in [2.75, 3.05) is 18.4 Å². The minimum absolute atomic E-state index is 0.120. The van der Waals surface area contributed by atoms with E-state index in [0.29, 0.717) is 10.4 Å². The van der Waals surface area contributed by atoms with Crippen LogP contribution < -0.4 is 5.32 Å². The van der Waals surface area contributed by atoms with E-state index in [1.165, 1.54) is 46.8 Å². The Morgan fingerprint density at radius 2 is 1.72 bits per heavy atom. The van der Waals surface area contributed by atoms with E-state index in [0.717, 1.165) is 0 Å². The van der Waals surface area contributed by atoms with Gasteiger partial charge in [0, 0.05) is 18.8 Å². The van der Waals surface area contributed by atoms with Crippen LogP contribution in [0.3, 0.4) is 0 Å². The first-order chi connectivity index (χ1) is 11.9. The lowest BCUT2D eigenvalue weighted by atomic mass is 10.3. The SMILES string of the molecule is C=CCN(CC=C)S(=O)(=O)c1ccc(NC(=O)c2ccc(Br)o2)cc1. The Bertz CT molecular complexity index is 862. The molecular formula is C17H17BrN2O4S. The smallest absolute Gasteiger partial charge is 0.291 e. The first-order valence-electron chi connectivity index (χ1n) is 7.27. The van der Waals surface area contributed by atoms with Crippen molar-refractivity contribution in [3.05, 3.63) is 72.1 Å². The quantitative estimate of drug-likeness (QED) is 0.655. The molecule has 0 spiro atoms. The molecule has 0 bridgehead atoms. The number of rotatable bonds is 8. The highest BCUT2D eigenvalue weighted by molar-refractivity contribution is 9.10. The zero-order chi connectivity index (χ0) is 18.4. The second-order valence-electron chi connectivity index (χ2n) is 4.98. The molecule has 1 N–H and O–H groups in total. The van der Waals surface area contributed by atoms with Gasteiger partial charge in [-0.1, -0.05) is 12.2 Å². The maximum Gasteiger partial charge on any atom is 0.291 e. The van der Waals surface area contributed by atoms with E-state index in [1.807, 2.05) is 0 Å². The average Bonchev–Trinajstić information content (AvgIpc) is 3.02. The molecule has 0 saturated carbocycles. The number of benzene rings is 1. The van der Waals surface area contributed by atoms with Gasteiger partial charge in [0.2, 0.25) is 10.0 Å². The summed E-state index contributed by atoms with van der Waals surface area (Å²) >= 11 is 3.12. The Kier molecular flexibility index (Phi) is 6.35. The zero-order valence-corrected chi connectivity index (χ0v) is 15.7. The normalized spacial score (nSPS) is 11.3. The maximum absolute atomic E-state index is 12.6. The summed E-state index contributed by atoms with van der Waals surface area (Å²) in [6, 6.07) is 9.04. The van der Waals surface area contributed by atoms with Crippen LogP contribution in [0.2, 0.25) is 0 Å². The van der Waals surface area contributed by atoms with Crippen LogP contribution in [0.15, 0.2) is 75.7 Å². The number of carbonyl (C=O) groups is 1. The van der Waals surface area contributed by atoms with E-state index in [1.54, 1.807) is 6.07 Å². The number of nitrogens with one attached hydrogen (secondary N) is 1. The molecule has 25 heavy (non-hydrogen) atoms. The van der Waals surface area contributed by atoms with E-state index in [9.17, 15) is 13.2 Å². The first kappa shape index (κ1) is 19.2. The second kappa shape index (κ2) is 8.28. The molecule has 0 fully saturated rings. The molecule has 6 nitrogen and oxygen atoms in total. The fourth-order valence-corrected chi connectivity index (χ4v) is 3.74. The summed E-state index contributed by atoms with van der Waals surface area (Å²) < 4.78 is 32.0. The van der Waals surface area contributed by atoms with Gasteiger partial charge < -0.3 is 9.73 Å². The van der Waals surface area contributed by atoms with E-state index in [2.05, 4.69) is 34.4 Å². The van der Waals surface area contributed by atoms with Gasteiger partial charge in [0.05, 0.1) is 4.90 Å². The number of anilines is 1. The maximum atomic E-state index is 12.6. The molecule has 1 heterocycles. The van der Waals surface area contributed by atoms with Gasteiger partial charge in [-0.3, -0.25) is 4.79 Å². The number of hydrogen-bond donors (Lipinski definition) is 1. The summed E-state index contributed by atoms with van der Waals surface area (Å²) in [6.45, 7) is 7.50. The molecule has 0 aliphatic rings. The fraction of sp³-hybridized carbons (Fsp3) is 0.118. The Hall–Kier alpha value is -2.16. The molecule has 0 saturated heterocycles. The van der Waals surface area contributed by atoms with E-state index in [-0.39, 0.29) is 23.7 Å². The predicted octanol–water partition coefficient (Wildman–Crippen LogP) is 3.66. The standard InChI is InChI=1S/C17H17BrN2O4S/c1-3-11-20(12-4-2)25(22,23)14-7-5-13(6-8-14)19-17(21)15-9-10-16(18)24-15/h3-10H,1-2,11-12H2,(H,19,21). The van der Waals surface area contributed by atoms with Crippen molar-refractivity contribution in [2.45, 2.75) is 4.90 Å². The summed E-state index contributed by atoms with van der Waals surface area (Å²) in [5, 5.41) is 2.64. The molecule has 132 valence electrons. The van der Waals surface area contributed by atoms with Crippen LogP contribution in [0, 0.1) is 0 Å². The van der Waals surface area contributed by atoms with Gasteiger partial charge in [-0.25, -0.2) is 8.42 Å². The lowest BCUT2D eigenvalue weighted by Gasteiger charge is -2.19. The first-order valence-corrected chi connectivity index (χ1v) is 9.50. The molecule has 0 atom stereocenters. The zero-order valence-electron chi connectivity index (χ0n) is 13.3. The van der Waals surface area contributed by atoms with Crippen molar-refractivity contribution >= 4 is 37.5 Å². The Morgan fingerprint density at radius 3 is 2.20 bits per heavy atom. The van der Waals surface area contributed by atoms with Crippen LogP contribution in [0.25, 0.3) is 0 Å². The van der Waals surface area contributed by atoms with Gasteiger partial charge in [0.25, 0.3) is 5.91 Å². The Balaban J connectivity index is 2.16. The highest BCUT2D eigenvalue weighted by atomic mass is 79.9. The molecule has 0 unspecified atom stereocenters. The fourth-order valence-electron chi connectivity index (χ4n) is 2.05. The molecule has 0 aliphatic carbocycles. The second-order valence-corrected chi connectivity index (χ2v) is 7.70. The third-order valence-electron chi connectivity index (χ3n) is 3.21. The minimum atomic E-state index is -3.67. The van der Waals surface area contributed by atoms with E-state index < -0.39 is 15.9 Å². The van der Waals surface area contributed by atoms with E-state index >= 15 is 0 Å². The van der Waals surface area contributed by atoms with Crippen molar-refractivity contribution < 1.29 is 17.6 Å². The van der Waals surface area contributed by atoms with Crippen LogP contribution in [-0.2, 0) is 10.0 Å². The van der Waals surface area contributed by atoms with E-state index in [4.69, 9.17) is 4.42 Å². The number of amides is 1. The molecule has 0 radical (unpaired) electrons. The number of sulfonamides is 1. The van der Waals surface area contributed by atoms with Crippen molar-refractivity contribution in [1.82, 2.24) is 4.31 Å². The number of furan rings is 1. The van der Waals surface area contributed by atoms with Crippen LogP contribution in [0.1, 0.15) is 10.6 Å². The number of nitrogens with zero attached hydrogens (tertiary/aromatic N) is 1. The van der Waals surface area contributed by atoms with Crippen LogP contribution in [-0.4, -0.2) is 31.7 Å². The highest BCUT2D eigenvalue weighted by Crippen LogP contribution is 2.20. The molecule has 1 aromatic carbocycles. The molecule has 2 rings (SSSR count). The lowest BCUT2D eigenvalue weighted by Crippen LogP contribution is -2.31. The van der Waals surface area contributed by atoms with Crippen molar-refractivity contribution in [3.63, 3.8) is 0 Å². The molecule has 2 aromatic rings. The van der Waals surface area contributed by atoms with Gasteiger partial charge in [0.15, 0.2) is 10.4 Å². The number of halogens is 1. The van der Waals surface area contributed by atoms with Crippen LogP contribution in [0.5, 0.6) is 0 Å². The number of carbonyl (C=O) groups excluding carboxylic acids is 1. The summed E-state index contributed by atoms with van der Waals surface area (Å²) in [5.74, 6) is -0.284. The van der Waals surface area contributed by atoms with Crippen molar-refractivity contribution in [3.8, 4) is 0 Å². The monoisotopic (exact) mass is 424 g/mol. The summed E-state index contributed by atoms with van der Waals surface area (Å²) in [5.41, 5.74) is 0.454. The molecular weight excluding hydrogens is 408 g/mol. The lowest BCUT2D eigenvalue weighted by molar-refractivity contribution is 0.0995. The molecule has 8 heteroatoms. The van der Waals surface area contributed by atoms with Crippen LogP contribution in [0.4, 0.5) is 5.69 Å². The highest BCUT2D eigenvalue weighted by Gasteiger charge is 2.22. The molecule has 1 aromatic heterocycles. The number of hydrogen-bond acceptors (Lipinski definition) is 4. The topological polar surface area (TPSA) is 79.6 Å².